The van der Waals surface area contributed by atoms with Crippen molar-refractivity contribution in [2.75, 3.05) is 0 Å². The van der Waals surface area contributed by atoms with Crippen LogP contribution in [0.25, 0.3) is 0 Å². The van der Waals surface area contributed by atoms with Crippen LogP contribution in [0.3, 0.4) is 0 Å². The van der Waals surface area contributed by atoms with E-state index in [0.29, 0.717) is 6.61 Å². The molecule has 1 aliphatic rings. The summed E-state index contributed by atoms with van der Waals surface area (Å²) in [4.78, 5) is 0. The van der Waals surface area contributed by atoms with E-state index in [9.17, 15) is 0 Å². The molecule has 0 amide bonds. The Balaban J connectivity index is 2.43. The van der Waals surface area contributed by atoms with Gasteiger partial charge in [0.25, 0.3) is 0 Å². The Bertz CT molecular complexity index is 333. The molecule has 76 valence electrons. The molecule has 0 unspecified atom stereocenters. The van der Waals surface area contributed by atoms with E-state index in [1.807, 2.05) is 26.0 Å². The quantitative estimate of drug-likeness (QED) is 0.719. The molecule has 1 heterocycles. The highest BCUT2D eigenvalue weighted by Gasteiger charge is 2.28. The molecular weight excluding hydrogens is 244 g/mol. The van der Waals surface area contributed by atoms with Gasteiger partial charge < -0.3 is 9.47 Å². The fourth-order valence-corrected chi connectivity index (χ4v) is 1.96. The van der Waals surface area contributed by atoms with Crippen molar-refractivity contribution in [1.82, 2.24) is 0 Å². The van der Waals surface area contributed by atoms with Crippen molar-refractivity contribution in [3.8, 4) is 5.75 Å². The first kappa shape index (κ1) is 9.99. The SMILES string of the molecule is CC1(C)OCc2cccc(CBr)c2O1. The van der Waals surface area contributed by atoms with Crippen molar-refractivity contribution in [3.63, 3.8) is 0 Å². The molecule has 0 aromatic heterocycles. The molecular formula is C11H13BrO2. The first-order chi connectivity index (χ1) is 6.62. The molecule has 0 radical (unpaired) electrons. The van der Waals surface area contributed by atoms with Gasteiger partial charge in [-0.3, -0.25) is 0 Å². The normalized spacial score (nSPS) is 18.5. The smallest absolute Gasteiger partial charge is 0.205 e. The number of ether oxygens (including phenoxy) is 2. The monoisotopic (exact) mass is 256 g/mol. The molecule has 0 saturated carbocycles. The maximum absolute atomic E-state index is 5.79. The summed E-state index contributed by atoms with van der Waals surface area (Å²) >= 11 is 3.45. The Labute approximate surface area is 92.3 Å². The van der Waals surface area contributed by atoms with Gasteiger partial charge in [0, 0.05) is 30.3 Å². The van der Waals surface area contributed by atoms with Gasteiger partial charge in [-0.05, 0) is 0 Å². The highest BCUT2D eigenvalue weighted by molar-refractivity contribution is 9.08. The minimum absolute atomic E-state index is 0.509. The Morgan fingerprint density at radius 3 is 2.93 bits per heavy atom. The standard InChI is InChI=1S/C11H13BrO2/c1-11(2)13-7-9-5-3-4-8(6-12)10(9)14-11/h3-5H,6-7H2,1-2H3. The molecule has 0 saturated heterocycles. The second-order valence-corrected chi connectivity index (χ2v) is 4.39. The molecule has 0 spiro atoms. The molecule has 3 heteroatoms. The van der Waals surface area contributed by atoms with Crippen LogP contribution in [0, 0.1) is 0 Å². The topological polar surface area (TPSA) is 18.5 Å². The van der Waals surface area contributed by atoms with Crippen molar-refractivity contribution in [2.24, 2.45) is 0 Å². The molecule has 1 aliphatic heterocycles. The van der Waals surface area contributed by atoms with Crippen LogP contribution in [0.2, 0.25) is 0 Å². The number of para-hydroxylation sites is 1. The van der Waals surface area contributed by atoms with E-state index in [1.54, 1.807) is 0 Å². The number of halogens is 1. The van der Waals surface area contributed by atoms with Gasteiger partial charge in [-0.15, -0.1) is 0 Å². The van der Waals surface area contributed by atoms with E-state index < -0.39 is 5.79 Å². The van der Waals surface area contributed by atoms with Crippen LogP contribution in [0.1, 0.15) is 25.0 Å². The lowest BCUT2D eigenvalue weighted by Gasteiger charge is -2.33. The number of fused-ring (bicyclic) bond motifs is 1. The highest BCUT2D eigenvalue weighted by Crippen LogP contribution is 2.34. The van der Waals surface area contributed by atoms with E-state index in [0.717, 1.165) is 16.6 Å². The van der Waals surface area contributed by atoms with Gasteiger partial charge in [-0.1, -0.05) is 34.1 Å². The van der Waals surface area contributed by atoms with Gasteiger partial charge in [-0.2, -0.15) is 0 Å². The fraction of sp³-hybridized carbons (Fsp3) is 0.455. The zero-order valence-electron chi connectivity index (χ0n) is 8.34. The van der Waals surface area contributed by atoms with Crippen LogP contribution >= 0.6 is 15.9 Å². The second-order valence-electron chi connectivity index (χ2n) is 3.83. The maximum Gasteiger partial charge on any atom is 0.205 e. The molecule has 0 bridgehead atoms. The zero-order valence-corrected chi connectivity index (χ0v) is 9.93. The van der Waals surface area contributed by atoms with Crippen LogP contribution in [0.4, 0.5) is 0 Å². The van der Waals surface area contributed by atoms with Gasteiger partial charge in [-0.25, -0.2) is 0 Å². The Kier molecular flexibility index (Phi) is 2.54. The summed E-state index contributed by atoms with van der Waals surface area (Å²) in [6.07, 6.45) is 0. The molecule has 1 aromatic rings. The van der Waals surface area contributed by atoms with Crippen LogP contribution in [-0.2, 0) is 16.7 Å². The summed E-state index contributed by atoms with van der Waals surface area (Å²) in [6.45, 7) is 4.49. The summed E-state index contributed by atoms with van der Waals surface area (Å²) in [5.74, 6) is 0.464. The summed E-state index contributed by atoms with van der Waals surface area (Å²) in [7, 11) is 0. The highest BCUT2D eigenvalue weighted by atomic mass is 79.9. The molecule has 1 aromatic carbocycles. The lowest BCUT2D eigenvalue weighted by molar-refractivity contribution is -0.180. The summed E-state index contributed by atoms with van der Waals surface area (Å²) < 4.78 is 11.3. The fourth-order valence-electron chi connectivity index (χ4n) is 1.51. The van der Waals surface area contributed by atoms with E-state index in [4.69, 9.17) is 9.47 Å². The van der Waals surface area contributed by atoms with Crippen molar-refractivity contribution >= 4 is 15.9 Å². The maximum atomic E-state index is 5.79. The molecule has 0 N–H and O–H groups in total. The van der Waals surface area contributed by atoms with E-state index in [1.165, 1.54) is 5.56 Å². The molecule has 14 heavy (non-hydrogen) atoms. The van der Waals surface area contributed by atoms with Gasteiger partial charge in [0.2, 0.25) is 5.79 Å². The summed E-state index contributed by atoms with van der Waals surface area (Å²) in [5.41, 5.74) is 2.31. The number of hydrogen-bond acceptors (Lipinski definition) is 2. The van der Waals surface area contributed by atoms with Gasteiger partial charge >= 0.3 is 0 Å². The zero-order chi connectivity index (χ0) is 10.2. The van der Waals surface area contributed by atoms with Crippen LogP contribution in [0.15, 0.2) is 18.2 Å². The summed E-state index contributed by atoms with van der Waals surface area (Å²) in [5, 5.41) is 0.812. The third-order valence-electron chi connectivity index (χ3n) is 2.25. The van der Waals surface area contributed by atoms with Crippen molar-refractivity contribution in [2.45, 2.75) is 31.6 Å². The van der Waals surface area contributed by atoms with Gasteiger partial charge in [0.05, 0.1) is 6.61 Å². The number of hydrogen-bond donors (Lipinski definition) is 0. The van der Waals surface area contributed by atoms with Gasteiger partial charge in [0.15, 0.2) is 0 Å². The molecule has 2 nitrogen and oxygen atoms in total. The summed E-state index contributed by atoms with van der Waals surface area (Å²) in [6, 6.07) is 6.13. The Morgan fingerprint density at radius 2 is 2.21 bits per heavy atom. The van der Waals surface area contributed by atoms with Crippen LogP contribution in [-0.4, -0.2) is 5.79 Å². The molecule has 0 fully saturated rings. The first-order valence-corrected chi connectivity index (χ1v) is 5.74. The minimum Gasteiger partial charge on any atom is -0.462 e. The average Bonchev–Trinajstić information content (AvgIpc) is 2.15. The van der Waals surface area contributed by atoms with Crippen LogP contribution < -0.4 is 4.74 Å². The van der Waals surface area contributed by atoms with Crippen molar-refractivity contribution < 1.29 is 9.47 Å². The number of alkyl halides is 1. The predicted octanol–water partition coefficient (Wildman–Crippen LogP) is 3.23. The molecule has 0 aliphatic carbocycles. The Hall–Kier alpha value is -0.540. The van der Waals surface area contributed by atoms with Crippen molar-refractivity contribution in [3.05, 3.63) is 29.3 Å². The van der Waals surface area contributed by atoms with E-state index in [-0.39, 0.29) is 0 Å². The second kappa shape index (κ2) is 3.55. The predicted molar refractivity (Wildman–Crippen MR) is 58.6 cm³/mol. The van der Waals surface area contributed by atoms with Gasteiger partial charge in [0.1, 0.15) is 5.75 Å². The lowest BCUT2D eigenvalue weighted by Crippen LogP contribution is -2.35. The Morgan fingerprint density at radius 1 is 1.43 bits per heavy atom. The third kappa shape index (κ3) is 1.79. The minimum atomic E-state index is -0.509. The van der Waals surface area contributed by atoms with E-state index >= 15 is 0 Å². The first-order valence-electron chi connectivity index (χ1n) is 4.62. The third-order valence-corrected chi connectivity index (χ3v) is 2.85. The van der Waals surface area contributed by atoms with Crippen molar-refractivity contribution in [1.29, 1.82) is 0 Å². The molecule has 2 rings (SSSR count). The lowest BCUT2D eigenvalue weighted by atomic mass is 10.1. The number of rotatable bonds is 1. The number of benzene rings is 1. The molecule has 0 atom stereocenters. The van der Waals surface area contributed by atoms with Crippen LogP contribution in [0.5, 0.6) is 5.75 Å². The average molecular weight is 257 g/mol. The largest absolute Gasteiger partial charge is 0.462 e. The van der Waals surface area contributed by atoms with E-state index in [2.05, 4.69) is 22.0 Å².